The van der Waals surface area contributed by atoms with Crippen molar-refractivity contribution in [2.24, 2.45) is 17.2 Å². The number of unbranched alkanes of at least 4 members (excludes halogenated alkanes) is 15. The minimum absolute atomic E-state index is 0.0635. The molecule has 0 aliphatic carbocycles. The molecule has 0 bridgehead atoms. The van der Waals surface area contributed by atoms with Crippen molar-refractivity contribution in [1.82, 2.24) is 0 Å². The molecule has 0 unspecified atom stereocenters. The molecular formula is C51H72N6O6. The molecule has 0 fully saturated rings. The summed E-state index contributed by atoms with van der Waals surface area (Å²) in [6.07, 6.45) is 19.6. The van der Waals surface area contributed by atoms with Crippen molar-refractivity contribution < 1.29 is 28.4 Å². The van der Waals surface area contributed by atoms with E-state index in [1.165, 1.54) is 0 Å². The molecule has 4 aromatic carbocycles. The average Bonchev–Trinajstić information content (AvgIpc) is 3.28. The summed E-state index contributed by atoms with van der Waals surface area (Å²) >= 11 is 0. The Balaban J connectivity index is 1.08. The summed E-state index contributed by atoms with van der Waals surface area (Å²) in [6.45, 7) is 3.99. The van der Waals surface area contributed by atoms with E-state index in [-0.39, 0.29) is 17.5 Å². The summed E-state index contributed by atoms with van der Waals surface area (Å²) in [4.78, 5) is 0. The van der Waals surface area contributed by atoms with Gasteiger partial charge in [0, 0.05) is 34.9 Å². The number of nitrogens with two attached hydrogens (primary N) is 3. The molecular weight excluding hydrogens is 793 g/mol. The highest BCUT2D eigenvalue weighted by atomic mass is 16.5. The molecule has 0 aromatic heterocycles. The lowest BCUT2D eigenvalue weighted by molar-refractivity contribution is 0.274. The van der Waals surface area contributed by atoms with Crippen LogP contribution in [0.3, 0.4) is 0 Å². The fourth-order valence-corrected chi connectivity index (χ4v) is 6.86. The summed E-state index contributed by atoms with van der Waals surface area (Å²) in [5, 5.41) is 22.5. The highest BCUT2D eigenvalue weighted by molar-refractivity contribution is 5.95. The van der Waals surface area contributed by atoms with E-state index in [1.54, 1.807) is 0 Å². The quantitative estimate of drug-likeness (QED) is 0.0146. The number of hydrogen-bond acceptors (Lipinski definition) is 9. The summed E-state index contributed by atoms with van der Waals surface area (Å²) in [6, 6.07) is 28.0. The van der Waals surface area contributed by atoms with Gasteiger partial charge in [-0.2, -0.15) is 0 Å². The van der Waals surface area contributed by atoms with Crippen LogP contribution in [0.2, 0.25) is 0 Å². The van der Waals surface area contributed by atoms with Crippen LogP contribution < -0.4 is 45.6 Å². The standard InChI is InChI=1S/C51H72N6O6/c52-49(53)40-19-25-43(26-20-40)58-31-13-7-1-4-10-16-34-61-46-37-47(62-35-17-11-5-2-8-14-32-59-44-27-21-41(22-28-44)50(54)55)39-48(38-46)63-36-18-12-6-3-9-15-33-60-45-29-23-42(24-30-45)51(56)57/h19-30,37-39H,1-18,31-36H2,(H3,52,53)(H3,54,55)(H3,56,57). The first kappa shape index (κ1) is 49.7. The predicted octanol–water partition coefficient (Wildman–Crippen LogP) is 10.9. The van der Waals surface area contributed by atoms with Crippen molar-refractivity contribution in [3.05, 3.63) is 108 Å². The van der Waals surface area contributed by atoms with Gasteiger partial charge in [-0.25, -0.2) is 0 Å². The fraction of sp³-hybridized carbons (Fsp3) is 0.471. The van der Waals surface area contributed by atoms with Crippen molar-refractivity contribution in [1.29, 1.82) is 16.2 Å². The zero-order valence-corrected chi connectivity index (χ0v) is 37.3. The highest BCUT2D eigenvalue weighted by Gasteiger charge is 2.07. The summed E-state index contributed by atoms with van der Waals surface area (Å²) in [5.74, 6) is 4.96. The van der Waals surface area contributed by atoms with Crippen molar-refractivity contribution in [2.45, 2.75) is 116 Å². The Labute approximate surface area is 375 Å². The molecule has 12 heteroatoms. The molecule has 9 N–H and O–H groups in total. The van der Waals surface area contributed by atoms with Gasteiger partial charge in [0.25, 0.3) is 0 Å². The van der Waals surface area contributed by atoms with E-state index in [2.05, 4.69) is 0 Å². The lowest BCUT2D eigenvalue weighted by Crippen LogP contribution is -2.10. The number of nitrogen functional groups attached to an aromatic ring is 3. The molecule has 0 spiro atoms. The van der Waals surface area contributed by atoms with Gasteiger partial charge in [0.05, 0.1) is 39.6 Å². The van der Waals surface area contributed by atoms with Crippen LogP contribution >= 0.6 is 0 Å². The first-order chi connectivity index (χ1) is 30.8. The third-order valence-electron chi connectivity index (χ3n) is 10.6. The van der Waals surface area contributed by atoms with E-state index in [1.807, 2.05) is 91.0 Å². The molecule has 63 heavy (non-hydrogen) atoms. The molecule has 4 rings (SSSR count). The van der Waals surface area contributed by atoms with Gasteiger partial charge in [0.2, 0.25) is 0 Å². The molecule has 12 nitrogen and oxygen atoms in total. The van der Waals surface area contributed by atoms with E-state index >= 15 is 0 Å². The normalized spacial score (nSPS) is 10.9. The fourth-order valence-electron chi connectivity index (χ4n) is 6.86. The molecule has 0 radical (unpaired) electrons. The molecule has 0 saturated heterocycles. The van der Waals surface area contributed by atoms with Gasteiger partial charge in [-0.15, -0.1) is 0 Å². The Bertz CT molecular complexity index is 1660. The Morgan fingerprint density at radius 2 is 0.444 bits per heavy atom. The molecule has 0 heterocycles. The van der Waals surface area contributed by atoms with Crippen molar-refractivity contribution in [2.75, 3.05) is 39.6 Å². The number of ether oxygens (including phenoxy) is 6. The third-order valence-corrected chi connectivity index (χ3v) is 10.6. The van der Waals surface area contributed by atoms with Crippen LogP contribution in [0.5, 0.6) is 34.5 Å². The van der Waals surface area contributed by atoms with E-state index in [0.717, 1.165) is 150 Å². The Hall–Kier alpha value is -5.91. The SMILES string of the molecule is N=C(N)c1ccc(OCCCCCCCCOc2cc(OCCCCCCCCOc3ccc(C(=N)N)cc3)cc(OCCCCCCCCOc3ccc(C(=N)N)cc3)c2)cc1. The van der Waals surface area contributed by atoms with Crippen molar-refractivity contribution in [3.8, 4) is 34.5 Å². The van der Waals surface area contributed by atoms with Gasteiger partial charge in [-0.05, 0) is 111 Å². The topological polar surface area (TPSA) is 205 Å². The summed E-state index contributed by atoms with van der Waals surface area (Å²) < 4.78 is 36.2. The average molecular weight is 865 g/mol. The van der Waals surface area contributed by atoms with Gasteiger partial charge < -0.3 is 45.6 Å². The third kappa shape index (κ3) is 21.6. The van der Waals surface area contributed by atoms with Crippen LogP contribution in [-0.2, 0) is 0 Å². The van der Waals surface area contributed by atoms with Crippen LogP contribution in [0.25, 0.3) is 0 Å². The summed E-state index contributed by atoms with van der Waals surface area (Å²) in [5.41, 5.74) is 18.7. The second kappa shape index (κ2) is 30.2. The lowest BCUT2D eigenvalue weighted by atomic mass is 10.1. The van der Waals surface area contributed by atoms with Crippen LogP contribution in [-0.4, -0.2) is 57.1 Å². The number of rotatable bonds is 36. The molecule has 0 aliphatic rings. The van der Waals surface area contributed by atoms with E-state index in [0.29, 0.717) is 56.3 Å². The van der Waals surface area contributed by atoms with Gasteiger partial charge in [-0.3, -0.25) is 16.2 Å². The number of nitrogens with one attached hydrogen (secondary N) is 3. The predicted molar refractivity (Wildman–Crippen MR) is 255 cm³/mol. The minimum atomic E-state index is 0.0635. The Morgan fingerprint density at radius 1 is 0.270 bits per heavy atom. The van der Waals surface area contributed by atoms with Crippen LogP contribution in [0, 0.1) is 16.2 Å². The van der Waals surface area contributed by atoms with Gasteiger partial charge in [-0.1, -0.05) is 77.0 Å². The molecule has 0 saturated carbocycles. The van der Waals surface area contributed by atoms with Crippen LogP contribution in [0.4, 0.5) is 0 Å². The maximum Gasteiger partial charge on any atom is 0.126 e. The first-order valence-electron chi connectivity index (χ1n) is 23.0. The van der Waals surface area contributed by atoms with Crippen molar-refractivity contribution >= 4 is 17.5 Å². The molecule has 4 aromatic rings. The number of benzene rings is 4. The smallest absolute Gasteiger partial charge is 0.126 e. The Kier molecular flexibility index (Phi) is 23.8. The molecule has 0 atom stereocenters. The van der Waals surface area contributed by atoms with E-state index in [4.69, 9.17) is 61.9 Å². The van der Waals surface area contributed by atoms with Crippen LogP contribution in [0.1, 0.15) is 132 Å². The van der Waals surface area contributed by atoms with Crippen LogP contribution in [0.15, 0.2) is 91.0 Å². The summed E-state index contributed by atoms with van der Waals surface area (Å²) in [7, 11) is 0. The monoisotopic (exact) mass is 865 g/mol. The molecule has 0 amide bonds. The second-order valence-corrected chi connectivity index (χ2v) is 15.9. The minimum Gasteiger partial charge on any atom is -0.494 e. The molecule has 342 valence electrons. The zero-order chi connectivity index (χ0) is 44.7. The zero-order valence-electron chi connectivity index (χ0n) is 37.3. The number of hydrogen-bond donors (Lipinski definition) is 6. The van der Waals surface area contributed by atoms with E-state index in [9.17, 15) is 0 Å². The van der Waals surface area contributed by atoms with Gasteiger partial charge >= 0.3 is 0 Å². The van der Waals surface area contributed by atoms with Crippen molar-refractivity contribution in [3.63, 3.8) is 0 Å². The highest BCUT2D eigenvalue weighted by Crippen LogP contribution is 2.29. The largest absolute Gasteiger partial charge is 0.494 e. The lowest BCUT2D eigenvalue weighted by Gasteiger charge is -2.14. The maximum absolute atomic E-state index is 7.51. The Morgan fingerprint density at radius 3 is 0.635 bits per heavy atom. The first-order valence-corrected chi connectivity index (χ1v) is 23.0. The maximum atomic E-state index is 7.51. The second-order valence-electron chi connectivity index (χ2n) is 15.9. The molecule has 0 aliphatic heterocycles. The van der Waals surface area contributed by atoms with Gasteiger partial charge in [0.1, 0.15) is 52.0 Å². The number of amidine groups is 3. The van der Waals surface area contributed by atoms with E-state index < -0.39 is 0 Å². The van der Waals surface area contributed by atoms with Gasteiger partial charge in [0.15, 0.2) is 0 Å².